The molecule has 0 bridgehead atoms. The second kappa shape index (κ2) is 22.1. The van der Waals surface area contributed by atoms with E-state index >= 15 is 0 Å². The van der Waals surface area contributed by atoms with Gasteiger partial charge in [-0.1, -0.05) is 60.1 Å². The Bertz CT molecular complexity index is 2150. The van der Waals surface area contributed by atoms with Gasteiger partial charge in [0.25, 0.3) is 0 Å². The van der Waals surface area contributed by atoms with Crippen LogP contribution in [0, 0.1) is 50.2 Å². The van der Waals surface area contributed by atoms with E-state index < -0.39 is 172 Å². The van der Waals surface area contributed by atoms with Crippen molar-refractivity contribution in [2.24, 2.45) is 50.2 Å². The number of ether oxygens (including phenoxy) is 8. The molecule has 9 aliphatic rings. The summed E-state index contributed by atoms with van der Waals surface area (Å²) >= 11 is 0. The summed E-state index contributed by atoms with van der Waals surface area (Å²) in [4.78, 5) is 13.1. The number of allylic oxidation sites excluding steroid dienone is 2. The first-order valence-electron chi connectivity index (χ1n) is 27.9. The lowest BCUT2D eigenvalue weighted by atomic mass is 9.33. The van der Waals surface area contributed by atoms with Crippen LogP contribution in [-0.2, 0) is 42.7 Å². The predicted molar refractivity (Wildman–Crippen MR) is 265 cm³/mol. The average molecular weight is 1120 g/mol. The van der Waals surface area contributed by atoms with Crippen LogP contribution in [0.4, 0.5) is 0 Å². The molecule has 0 unspecified atom stereocenters. The largest absolute Gasteiger partial charge is 0.479 e. The Morgan fingerprint density at radius 3 is 1.63 bits per heavy atom. The molecule has 0 amide bonds. The molecular formula is C54H88O24. The molecule has 4 saturated carbocycles. The normalized spacial score (nSPS) is 53.9. The van der Waals surface area contributed by atoms with Gasteiger partial charge in [0, 0.05) is 5.41 Å². The Labute approximate surface area is 453 Å². The molecule has 24 nitrogen and oxygen atoms in total. The van der Waals surface area contributed by atoms with Crippen LogP contribution in [0.15, 0.2) is 11.6 Å². The van der Waals surface area contributed by atoms with Crippen LogP contribution < -0.4 is 0 Å². The molecule has 4 saturated heterocycles. The van der Waals surface area contributed by atoms with Crippen LogP contribution in [0.3, 0.4) is 0 Å². The molecular weight excluding hydrogens is 1030 g/mol. The third kappa shape index (κ3) is 9.76. The SMILES string of the molecule is CC1(C)CC[C@]2(CO)[C@H](O)C[C@]3(C)C(=CC[C@@H]4[C@@]5(C)CC[C@H](O[C@@H]6O[C@H](C(=O)O)[C@@H](O)[C@H](O[C@@H]7O[C@H](CO)[C@H](O)[C@H](O)[C@H]7O[C@H]7O[C@H](CO)[C@@H](O)[C@H](O)[C@H]7O)[C@H]6O[C@@H]6O[C@H](CO)[C@H](O)[C@H](O)[C@H]6O)C(C)(C)[C@@H]5CC[C@]43C)[C@@H]2C1. The van der Waals surface area contributed by atoms with Gasteiger partial charge in [-0.25, -0.2) is 4.79 Å². The summed E-state index contributed by atoms with van der Waals surface area (Å²) in [5.41, 5.74) is -0.887. The van der Waals surface area contributed by atoms with Crippen molar-refractivity contribution in [3.63, 3.8) is 0 Å². The fourth-order valence-corrected chi connectivity index (χ4v) is 16.7. The summed E-state index contributed by atoms with van der Waals surface area (Å²) in [7, 11) is 0. The predicted octanol–water partition coefficient (Wildman–Crippen LogP) is -2.50. The van der Waals surface area contributed by atoms with E-state index in [-0.39, 0.29) is 46.0 Å². The number of hydrogen-bond acceptors (Lipinski definition) is 23. The number of fused-ring (bicyclic) bond motifs is 7. The van der Waals surface area contributed by atoms with Gasteiger partial charge in [-0.05, 0) is 103 Å². The minimum atomic E-state index is -2.27. The minimum Gasteiger partial charge on any atom is -0.479 e. The lowest BCUT2D eigenvalue weighted by molar-refractivity contribution is -0.407. The Kier molecular flexibility index (Phi) is 17.2. The van der Waals surface area contributed by atoms with Crippen molar-refractivity contribution in [1.29, 1.82) is 0 Å². The fourth-order valence-electron chi connectivity index (χ4n) is 16.7. The molecule has 0 aromatic heterocycles. The highest BCUT2D eigenvalue weighted by Crippen LogP contribution is 2.76. The molecule has 24 heteroatoms. The Morgan fingerprint density at radius 2 is 1.08 bits per heavy atom. The maximum absolute atomic E-state index is 13.1. The molecule has 9 rings (SSSR count). The zero-order chi connectivity index (χ0) is 57.1. The smallest absolute Gasteiger partial charge is 0.335 e. The van der Waals surface area contributed by atoms with Crippen molar-refractivity contribution in [2.75, 3.05) is 26.4 Å². The van der Waals surface area contributed by atoms with Crippen molar-refractivity contribution in [3.8, 4) is 0 Å². The van der Waals surface area contributed by atoms with E-state index in [9.17, 15) is 81.4 Å². The Hall–Kier alpha value is -1.67. The molecule has 0 aromatic rings. The standard InChI is InChI=1S/C54H88O24/c1-49(2)14-15-54(21-58)23(16-49)22-8-9-28-51(5)12-11-30(50(3,4)27(51)10-13-52(28,6)53(22,7)17-29(54)59)74-48-43(78-46-38(67)35(64)32(61)25(19-56)72-46)40(39(68)41(76-48)44(69)70)75-47-42(36(65)33(62)26(20-57)73-47)77-45-37(66)34(63)31(60)24(18-55)71-45/h8,23-43,45-48,55-68H,9-21H2,1-7H3,(H,69,70)/t23-,24+,25+,26+,27-,28+,29+,30-,31+,32-,33-,34-,35-,36-,37+,38+,39-,40-,41-,42+,43+,45+,46-,47-,48+,51-,52+,53+,54+/m0/s1. The summed E-state index contributed by atoms with van der Waals surface area (Å²) in [6.07, 6.45) is -31.4. The van der Waals surface area contributed by atoms with Gasteiger partial charge < -0.3 is 114 Å². The summed E-state index contributed by atoms with van der Waals surface area (Å²) in [5.74, 6) is -1.57. The van der Waals surface area contributed by atoms with Crippen LogP contribution in [0.2, 0.25) is 0 Å². The van der Waals surface area contributed by atoms with Crippen LogP contribution in [0.5, 0.6) is 0 Å². The monoisotopic (exact) mass is 1120 g/mol. The molecule has 4 heterocycles. The second-order valence-electron chi connectivity index (χ2n) is 26.5. The summed E-state index contributed by atoms with van der Waals surface area (Å²) in [5, 5.41) is 164. The van der Waals surface area contributed by atoms with Gasteiger partial charge in [0.2, 0.25) is 0 Å². The fraction of sp³-hybridized carbons (Fsp3) is 0.944. The van der Waals surface area contributed by atoms with E-state index in [1.54, 1.807) is 0 Å². The van der Waals surface area contributed by atoms with E-state index in [0.29, 0.717) is 19.3 Å². The molecule has 0 aromatic carbocycles. The van der Waals surface area contributed by atoms with Crippen molar-refractivity contribution < 1.29 is 119 Å². The number of rotatable bonds is 13. The zero-order valence-electron chi connectivity index (χ0n) is 45.6. The van der Waals surface area contributed by atoms with Gasteiger partial charge in [0.15, 0.2) is 31.3 Å². The van der Waals surface area contributed by atoms with Crippen LogP contribution in [0.25, 0.3) is 0 Å². The lowest BCUT2D eigenvalue weighted by Crippen LogP contribution is -2.69. The number of hydrogen-bond donors (Lipinski definition) is 15. The number of carbonyl (C=O) groups is 1. The van der Waals surface area contributed by atoms with E-state index in [4.69, 9.17) is 37.9 Å². The van der Waals surface area contributed by atoms with Gasteiger partial charge >= 0.3 is 5.97 Å². The average Bonchev–Trinajstić information content (AvgIpc) is 3.34. The maximum atomic E-state index is 13.1. The summed E-state index contributed by atoms with van der Waals surface area (Å²) in [6.45, 7) is 12.9. The molecule has 8 fully saturated rings. The molecule has 78 heavy (non-hydrogen) atoms. The Morgan fingerprint density at radius 1 is 0.551 bits per heavy atom. The minimum absolute atomic E-state index is 0.0248. The topological polar surface area (TPSA) is 394 Å². The first-order chi connectivity index (χ1) is 36.5. The number of aliphatic carboxylic acids is 1. The lowest BCUT2D eigenvalue weighted by Gasteiger charge is -2.72. The molecule has 0 radical (unpaired) electrons. The molecule has 448 valence electrons. The quantitative estimate of drug-likeness (QED) is 0.0670. The van der Waals surface area contributed by atoms with Crippen molar-refractivity contribution in [1.82, 2.24) is 0 Å². The first-order valence-corrected chi connectivity index (χ1v) is 27.9. The van der Waals surface area contributed by atoms with Crippen molar-refractivity contribution in [3.05, 3.63) is 11.6 Å². The third-order valence-corrected chi connectivity index (χ3v) is 21.6. The molecule has 29 atom stereocenters. The molecule has 0 spiro atoms. The van der Waals surface area contributed by atoms with E-state index in [0.717, 1.165) is 38.5 Å². The molecule has 15 N–H and O–H groups in total. The molecule has 4 aliphatic heterocycles. The van der Waals surface area contributed by atoms with Crippen LogP contribution >= 0.6 is 0 Å². The van der Waals surface area contributed by atoms with Crippen molar-refractivity contribution in [2.45, 2.75) is 241 Å². The number of aliphatic hydroxyl groups is 14. The van der Waals surface area contributed by atoms with Gasteiger partial charge in [0.1, 0.15) is 91.6 Å². The van der Waals surface area contributed by atoms with Gasteiger partial charge in [-0.2, -0.15) is 0 Å². The van der Waals surface area contributed by atoms with E-state index in [1.807, 2.05) is 0 Å². The van der Waals surface area contributed by atoms with Gasteiger partial charge in [0.05, 0.1) is 38.6 Å². The number of carboxylic acids is 1. The van der Waals surface area contributed by atoms with E-state index in [1.165, 1.54) is 5.57 Å². The maximum Gasteiger partial charge on any atom is 0.335 e. The Balaban J connectivity index is 1.05. The zero-order valence-corrected chi connectivity index (χ0v) is 45.6. The first kappa shape index (κ1) is 60.9. The van der Waals surface area contributed by atoms with Gasteiger partial charge in [-0.3, -0.25) is 0 Å². The van der Waals surface area contributed by atoms with Crippen LogP contribution in [-0.4, -0.2) is 244 Å². The highest BCUT2D eigenvalue weighted by Gasteiger charge is 2.71. The summed E-state index contributed by atoms with van der Waals surface area (Å²) < 4.78 is 48.8. The highest BCUT2D eigenvalue weighted by molar-refractivity contribution is 5.73. The number of aliphatic hydroxyl groups excluding tert-OH is 14. The van der Waals surface area contributed by atoms with E-state index in [2.05, 4.69) is 54.5 Å². The van der Waals surface area contributed by atoms with Crippen molar-refractivity contribution >= 4 is 5.97 Å². The third-order valence-electron chi connectivity index (χ3n) is 21.6. The van der Waals surface area contributed by atoms with Gasteiger partial charge in [-0.15, -0.1) is 0 Å². The van der Waals surface area contributed by atoms with Crippen LogP contribution in [0.1, 0.15) is 106 Å². The number of carboxylic acid groups (broad SMARTS) is 1. The highest BCUT2D eigenvalue weighted by atomic mass is 16.8. The second-order valence-corrected chi connectivity index (χ2v) is 26.5. The molecule has 5 aliphatic carbocycles. The summed E-state index contributed by atoms with van der Waals surface area (Å²) in [6, 6.07) is 0.